The monoisotopic (exact) mass is 260 g/mol. The Hall–Kier alpha value is -1.99. The molecule has 0 saturated carbocycles. The number of anilines is 1. The van der Waals surface area contributed by atoms with Gasteiger partial charge in [0.25, 0.3) is 0 Å². The second-order valence-electron chi connectivity index (χ2n) is 4.75. The maximum Gasteiger partial charge on any atom is 0.319 e. The van der Waals surface area contributed by atoms with E-state index in [2.05, 4.69) is 16.6 Å². The number of aliphatic hydroxyl groups excluding tert-OH is 1. The molecule has 3 N–H and O–H groups in total. The van der Waals surface area contributed by atoms with Gasteiger partial charge in [0.2, 0.25) is 0 Å². The summed E-state index contributed by atoms with van der Waals surface area (Å²) in [6.45, 7) is 4.24. The number of hydrogen-bond acceptors (Lipinski definition) is 2. The smallest absolute Gasteiger partial charge is 0.319 e. The Balaban J connectivity index is 2.41. The predicted octanol–water partition coefficient (Wildman–Crippen LogP) is 2.20. The van der Waals surface area contributed by atoms with E-state index >= 15 is 0 Å². The number of carbonyl (C=O) groups excluding carboxylic acids is 1. The van der Waals surface area contributed by atoms with Crippen LogP contribution in [0.25, 0.3) is 0 Å². The van der Waals surface area contributed by atoms with E-state index < -0.39 is 0 Å². The van der Waals surface area contributed by atoms with Gasteiger partial charge in [0.05, 0.1) is 6.10 Å². The van der Waals surface area contributed by atoms with Crippen molar-refractivity contribution in [3.63, 3.8) is 0 Å². The molecule has 4 nitrogen and oxygen atoms in total. The van der Waals surface area contributed by atoms with Gasteiger partial charge in [0.15, 0.2) is 0 Å². The van der Waals surface area contributed by atoms with E-state index in [9.17, 15) is 9.90 Å². The maximum atomic E-state index is 11.7. The summed E-state index contributed by atoms with van der Waals surface area (Å²) >= 11 is 0. The van der Waals surface area contributed by atoms with Gasteiger partial charge in [0, 0.05) is 17.8 Å². The second kappa shape index (κ2) is 7.45. The zero-order valence-electron chi connectivity index (χ0n) is 11.3. The largest absolute Gasteiger partial charge is 0.393 e. The molecule has 1 aromatic rings. The van der Waals surface area contributed by atoms with Crippen molar-refractivity contribution in [2.75, 3.05) is 11.9 Å². The van der Waals surface area contributed by atoms with E-state index in [4.69, 9.17) is 6.42 Å². The van der Waals surface area contributed by atoms with E-state index in [0.717, 1.165) is 5.56 Å². The highest BCUT2D eigenvalue weighted by Crippen LogP contribution is 2.09. The molecule has 0 saturated heterocycles. The number of urea groups is 1. The molecule has 1 rings (SSSR count). The van der Waals surface area contributed by atoms with Gasteiger partial charge < -0.3 is 15.7 Å². The van der Waals surface area contributed by atoms with Gasteiger partial charge in [0.1, 0.15) is 0 Å². The standard InChI is InChI=1S/C15H20N2O2/c1-4-13-6-5-7-14(9-13)17-15(19)16-10-11(2)8-12(3)18/h1,5-7,9,11-12,18H,8,10H2,2-3H3,(H2,16,17,19). The molecule has 19 heavy (non-hydrogen) atoms. The maximum absolute atomic E-state index is 11.7. The van der Waals surface area contributed by atoms with Crippen molar-refractivity contribution in [2.24, 2.45) is 5.92 Å². The fourth-order valence-corrected chi connectivity index (χ4v) is 1.79. The van der Waals surface area contributed by atoms with E-state index in [0.29, 0.717) is 18.7 Å². The molecule has 2 unspecified atom stereocenters. The number of benzene rings is 1. The van der Waals surface area contributed by atoms with Crippen molar-refractivity contribution in [2.45, 2.75) is 26.4 Å². The number of carbonyl (C=O) groups is 1. The highest BCUT2D eigenvalue weighted by Gasteiger charge is 2.08. The number of aliphatic hydroxyl groups is 1. The van der Waals surface area contributed by atoms with Crippen LogP contribution in [0.5, 0.6) is 0 Å². The summed E-state index contributed by atoms with van der Waals surface area (Å²) in [4.78, 5) is 11.7. The molecule has 0 aromatic heterocycles. The van der Waals surface area contributed by atoms with Crippen molar-refractivity contribution in [1.29, 1.82) is 0 Å². The normalized spacial score (nSPS) is 13.2. The summed E-state index contributed by atoms with van der Waals surface area (Å²) in [6.07, 6.45) is 5.60. The zero-order chi connectivity index (χ0) is 14.3. The molecule has 0 heterocycles. The van der Waals surface area contributed by atoms with Crippen LogP contribution in [-0.2, 0) is 0 Å². The molecule has 4 heteroatoms. The Kier molecular flexibility index (Phi) is 5.91. The van der Waals surface area contributed by atoms with E-state index in [1.807, 2.05) is 6.92 Å². The third kappa shape index (κ3) is 5.94. The van der Waals surface area contributed by atoms with Crippen LogP contribution in [0.4, 0.5) is 10.5 Å². The first kappa shape index (κ1) is 15.1. The summed E-state index contributed by atoms with van der Waals surface area (Å²) in [5.74, 6) is 2.74. The first-order chi connectivity index (χ1) is 9.01. The minimum absolute atomic E-state index is 0.225. The van der Waals surface area contributed by atoms with Gasteiger partial charge in [-0.05, 0) is 37.5 Å². The number of nitrogens with one attached hydrogen (secondary N) is 2. The van der Waals surface area contributed by atoms with Gasteiger partial charge in [-0.25, -0.2) is 4.79 Å². The Bertz CT molecular complexity index is 463. The SMILES string of the molecule is C#Cc1cccc(NC(=O)NCC(C)CC(C)O)c1. The number of rotatable bonds is 5. The Morgan fingerprint density at radius 2 is 2.21 bits per heavy atom. The van der Waals surface area contributed by atoms with Gasteiger partial charge >= 0.3 is 6.03 Å². The fraction of sp³-hybridized carbons (Fsp3) is 0.400. The highest BCUT2D eigenvalue weighted by atomic mass is 16.3. The lowest BCUT2D eigenvalue weighted by molar-refractivity contribution is 0.163. The van der Waals surface area contributed by atoms with E-state index in [1.165, 1.54) is 0 Å². The number of hydrogen-bond donors (Lipinski definition) is 3. The lowest BCUT2D eigenvalue weighted by Crippen LogP contribution is -2.33. The highest BCUT2D eigenvalue weighted by molar-refractivity contribution is 5.89. The summed E-state index contributed by atoms with van der Waals surface area (Å²) in [7, 11) is 0. The van der Waals surface area contributed by atoms with Crippen molar-refractivity contribution in [3.8, 4) is 12.3 Å². The van der Waals surface area contributed by atoms with Crippen LogP contribution in [0, 0.1) is 18.3 Å². The third-order valence-electron chi connectivity index (χ3n) is 2.64. The molecular weight excluding hydrogens is 240 g/mol. The van der Waals surface area contributed by atoms with Crippen molar-refractivity contribution >= 4 is 11.7 Å². The minimum Gasteiger partial charge on any atom is -0.393 e. The van der Waals surface area contributed by atoms with Crippen molar-refractivity contribution < 1.29 is 9.90 Å². The summed E-state index contributed by atoms with van der Waals surface area (Å²) in [5.41, 5.74) is 1.39. The van der Waals surface area contributed by atoms with Crippen LogP contribution in [0.1, 0.15) is 25.8 Å². The average molecular weight is 260 g/mol. The molecule has 0 aliphatic carbocycles. The molecule has 2 atom stereocenters. The third-order valence-corrected chi connectivity index (χ3v) is 2.64. The number of terminal acetylenes is 1. The first-order valence-electron chi connectivity index (χ1n) is 6.31. The van der Waals surface area contributed by atoms with Crippen LogP contribution in [-0.4, -0.2) is 23.8 Å². The molecular formula is C15H20N2O2. The summed E-state index contributed by atoms with van der Waals surface area (Å²) in [5, 5.41) is 14.7. The summed E-state index contributed by atoms with van der Waals surface area (Å²) < 4.78 is 0. The minimum atomic E-state index is -0.354. The van der Waals surface area contributed by atoms with E-state index in [-0.39, 0.29) is 18.1 Å². The Morgan fingerprint density at radius 1 is 1.47 bits per heavy atom. The molecule has 0 radical (unpaired) electrons. The Labute approximate surface area is 114 Å². The lowest BCUT2D eigenvalue weighted by atomic mass is 10.1. The van der Waals surface area contributed by atoms with Crippen LogP contribution < -0.4 is 10.6 Å². The molecule has 0 fully saturated rings. The molecule has 0 bridgehead atoms. The molecule has 1 aromatic carbocycles. The van der Waals surface area contributed by atoms with Gasteiger partial charge in [-0.1, -0.05) is 18.9 Å². The van der Waals surface area contributed by atoms with Gasteiger partial charge in [-0.2, -0.15) is 0 Å². The lowest BCUT2D eigenvalue weighted by Gasteiger charge is -2.14. The first-order valence-corrected chi connectivity index (χ1v) is 6.31. The Morgan fingerprint density at radius 3 is 2.84 bits per heavy atom. The molecule has 102 valence electrons. The zero-order valence-corrected chi connectivity index (χ0v) is 11.3. The molecule has 0 spiro atoms. The molecule has 2 amide bonds. The van der Waals surface area contributed by atoms with Crippen LogP contribution >= 0.6 is 0 Å². The fourth-order valence-electron chi connectivity index (χ4n) is 1.79. The summed E-state index contributed by atoms with van der Waals surface area (Å²) in [6, 6.07) is 6.83. The van der Waals surface area contributed by atoms with Crippen molar-refractivity contribution in [3.05, 3.63) is 29.8 Å². The van der Waals surface area contributed by atoms with Crippen LogP contribution in [0.3, 0.4) is 0 Å². The van der Waals surface area contributed by atoms with Crippen LogP contribution in [0.2, 0.25) is 0 Å². The van der Waals surface area contributed by atoms with Gasteiger partial charge in [-0.3, -0.25) is 0 Å². The van der Waals surface area contributed by atoms with E-state index in [1.54, 1.807) is 31.2 Å². The van der Waals surface area contributed by atoms with Crippen LogP contribution in [0.15, 0.2) is 24.3 Å². The average Bonchev–Trinajstić information content (AvgIpc) is 2.36. The quantitative estimate of drug-likeness (QED) is 0.711. The second-order valence-corrected chi connectivity index (χ2v) is 4.75. The van der Waals surface area contributed by atoms with Crippen molar-refractivity contribution in [1.82, 2.24) is 5.32 Å². The van der Waals surface area contributed by atoms with Gasteiger partial charge in [-0.15, -0.1) is 6.42 Å². The topological polar surface area (TPSA) is 61.4 Å². The predicted molar refractivity (Wildman–Crippen MR) is 76.9 cm³/mol. The molecule has 0 aliphatic heterocycles. The molecule has 0 aliphatic rings. The number of amides is 2.